The van der Waals surface area contributed by atoms with Gasteiger partial charge in [0.25, 0.3) is 10.0 Å². The van der Waals surface area contributed by atoms with Crippen molar-refractivity contribution < 1.29 is 17.2 Å². The van der Waals surface area contributed by atoms with Gasteiger partial charge in [0.2, 0.25) is 0 Å². The standard InChI is InChI=1S/C14H14F2N2O2S/c1-9-7-12(16)14(8-13(9)17)21(19,20)18(2)11-5-3-10(15)4-6-11/h3-8H,17H2,1-2H3. The zero-order chi connectivity index (χ0) is 15.8. The molecule has 0 bridgehead atoms. The van der Waals surface area contributed by atoms with Gasteiger partial charge >= 0.3 is 0 Å². The molecule has 0 aliphatic rings. The lowest BCUT2D eigenvalue weighted by Gasteiger charge is -2.20. The van der Waals surface area contributed by atoms with Crippen LogP contribution in [0.4, 0.5) is 20.2 Å². The van der Waals surface area contributed by atoms with E-state index in [1.807, 2.05) is 0 Å². The largest absolute Gasteiger partial charge is 0.398 e. The summed E-state index contributed by atoms with van der Waals surface area (Å²) in [4.78, 5) is -0.516. The van der Waals surface area contributed by atoms with Crippen LogP contribution in [0, 0.1) is 18.6 Å². The highest BCUT2D eigenvalue weighted by atomic mass is 32.2. The average Bonchev–Trinajstić information content (AvgIpc) is 2.42. The Kier molecular flexibility index (Phi) is 3.87. The van der Waals surface area contributed by atoms with Crippen molar-refractivity contribution in [2.24, 2.45) is 0 Å². The molecule has 2 aromatic carbocycles. The van der Waals surface area contributed by atoms with Crippen LogP contribution in [-0.2, 0) is 10.0 Å². The molecule has 0 fully saturated rings. The predicted molar refractivity (Wildman–Crippen MR) is 77.5 cm³/mol. The number of hydrogen-bond donors (Lipinski definition) is 1. The fraction of sp³-hybridized carbons (Fsp3) is 0.143. The minimum Gasteiger partial charge on any atom is -0.398 e. The zero-order valence-corrected chi connectivity index (χ0v) is 12.3. The van der Waals surface area contributed by atoms with E-state index in [0.29, 0.717) is 5.56 Å². The third-order valence-electron chi connectivity index (χ3n) is 3.15. The molecule has 0 heterocycles. The third-order valence-corrected chi connectivity index (χ3v) is 4.95. The quantitative estimate of drug-likeness (QED) is 0.886. The number of halogens is 2. The van der Waals surface area contributed by atoms with Crippen LogP contribution < -0.4 is 10.0 Å². The van der Waals surface area contributed by atoms with Gasteiger partial charge in [0, 0.05) is 12.7 Å². The number of nitrogens with two attached hydrogens (primary N) is 1. The van der Waals surface area contributed by atoms with Crippen molar-refractivity contribution in [2.75, 3.05) is 17.1 Å². The first-order valence-corrected chi connectivity index (χ1v) is 7.47. The Balaban J connectivity index is 2.51. The molecule has 0 saturated heterocycles. The minimum atomic E-state index is -4.12. The lowest BCUT2D eigenvalue weighted by molar-refractivity contribution is 0.565. The molecule has 0 atom stereocenters. The van der Waals surface area contributed by atoms with Crippen molar-refractivity contribution in [1.29, 1.82) is 0 Å². The molecule has 112 valence electrons. The maximum Gasteiger partial charge on any atom is 0.267 e. The van der Waals surface area contributed by atoms with E-state index in [0.717, 1.165) is 28.6 Å². The van der Waals surface area contributed by atoms with Crippen molar-refractivity contribution in [1.82, 2.24) is 0 Å². The Labute approximate surface area is 121 Å². The molecular weight excluding hydrogens is 298 g/mol. The molecule has 2 N–H and O–H groups in total. The van der Waals surface area contributed by atoms with Gasteiger partial charge in [0.1, 0.15) is 16.5 Å². The molecule has 0 spiro atoms. The molecule has 21 heavy (non-hydrogen) atoms. The van der Waals surface area contributed by atoms with Crippen molar-refractivity contribution in [3.63, 3.8) is 0 Å². The van der Waals surface area contributed by atoms with E-state index < -0.39 is 26.6 Å². The summed E-state index contributed by atoms with van der Waals surface area (Å²) in [6.45, 7) is 1.58. The van der Waals surface area contributed by atoms with E-state index in [-0.39, 0.29) is 11.4 Å². The summed E-state index contributed by atoms with van der Waals surface area (Å²) in [5.74, 6) is -1.37. The Hall–Kier alpha value is -2.15. The van der Waals surface area contributed by atoms with Crippen molar-refractivity contribution in [3.8, 4) is 0 Å². The Bertz CT molecular complexity index is 774. The van der Waals surface area contributed by atoms with Crippen LogP contribution in [0.5, 0.6) is 0 Å². The normalized spacial score (nSPS) is 11.4. The number of benzene rings is 2. The van der Waals surface area contributed by atoms with Crippen molar-refractivity contribution in [2.45, 2.75) is 11.8 Å². The van der Waals surface area contributed by atoms with Crippen LogP contribution in [-0.4, -0.2) is 15.5 Å². The molecule has 0 radical (unpaired) electrons. The zero-order valence-electron chi connectivity index (χ0n) is 11.5. The summed E-state index contributed by atoms with van der Waals surface area (Å²) in [6, 6.07) is 6.99. The second kappa shape index (κ2) is 5.33. The third kappa shape index (κ3) is 2.82. The van der Waals surface area contributed by atoms with Gasteiger partial charge in [0.05, 0.1) is 5.69 Å². The maximum atomic E-state index is 13.9. The summed E-state index contributed by atoms with van der Waals surface area (Å²) in [5, 5.41) is 0. The average molecular weight is 312 g/mol. The van der Waals surface area contributed by atoms with E-state index in [1.54, 1.807) is 6.92 Å². The molecule has 0 aliphatic carbocycles. The first-order valence-electron chi connectivity index (χ1n) is 6.03. The molecule has 2 rings (SSSR count). The highest BCUT2D eigenvalue weighted by molar-refractivity contribution is 7.92. The van der Waals surface area contributed by atoms with Gasteiger partial charge in [-0.05, 0) is 48.9 Å². The fourth-order valence-corrected chi connectivity index (χ4v) is 3.08. The Morgan fingerprint density at radius 3 is 2.24 bits per heavy atom. The minimum absolute atomic E-state index is 0.183. The summed E-state index contributed by atoms with van der Waals surface area (Å²) < 4.78 is 52.6. The summed E-state index contributed by atoms with van der Waals surface area (Å²) >= 11 is 0. The van der Waals surface area contributed by atoms with Crippen molar-refractivity contribution >= 4 is 21.4 Å². The lowest BCUT2D eigenvalue weighted by atomic mass is 10.2. The molecular formula is C14H14F2N2O2S. The van der Waals surface area contributed by atoms with Gasteiger partial charge < -0.3 is 5.73 Å². The molecule has 4 nitrogen and oxygen atoms in total. The number of nitrogens with zero attached hydrogens (tertiary/aromatic N) is 1. The van der Waals surface area contributed by atoms with Crippen LogP contribution in [0.25, 0.3) is 0 Å². The summed E-state index contributed by atoms with van der Waals surface area (Å²) in [6.07, 6.45) is 0. The van der Waals surface area contributed by atoms with Crippen LogP contribution in [0.3, 0.4) is 0 Å². The highest BCUT2D eigenvalue weighted by Gasteiger charge is 2.25. The molecule has 0 unspecified atom stereocenters. The van der Waals surface area contributed by atoms with Gasteiger partial charge in [-0.2, -0.15) is 0 Å². The number of hydrogen-bond acceptors (Lipinski definition) is 3. The van der Waals surface area contributed by atoms with Gasteiger partial charge in [-0.25, -0.2) is 17.2 Å². The fourth-order valence-electron chi connectivity index (χ4n) is 1.80. The topological polar surface area (TPSA) is 63.4 Å². The van der Waals surface area contributed by atoms with E-state index in [2.05, 4.69) is 0 Å². The first kappa shape index (κ1) is 15.2. The number of rotatable bonds is 3. The number of anilines is 2. The van der Waals surface area contributed by atoms with Gasteiger partial charge in [-0.1, -0.05) is 0 Å². The Morgan fingerprint density at radius 2 is 1.67 bits per heavy atom. The number of nitrogen functional groups attached to an aromatic ring is 1. The summed E-state index contributed by atoms with van der Waals surface area (Å²) in [7, 11) is -2.86. The molecule has 7 heteroatoms. The van der Waals surface area contributed by atoms with E-state index in [4.69, 9.17) is 5.73 Å². The molecule has 0 amide bonds. The smallest absolute Gasteiger partial charge is 0.267 e. The lowest BCUT2D eigenvalue weighted by Crippen LogP contribution is -2.27. The highest BCUT2D eigenvalue weighted by Crippen LogP contribution is 2.27. The van der Waals surface area contributed by atoms with Crippen LogP contribution in [0.15, 0.2) is 41.3 Å². The molecule has 2 aromatic rings. The number of sulfonamides is 1. The molecule has 0 aliphatic heterocycles. The van der Waals surface area contributed by atoms with E-state index in [9.17, 15) is 17.2 Å². The van der Waals surface area contributed by atoms with E-state index >= 15 is 0 Å². The molecule has 0 saturated carbocycles. The SMILES string of the molecule is Cc1cc(F)c(S(=O)(=O)N(C)c2ccc(F)cc2)cc1N. The van der Waals surface area contributed by atoms with Crippen LogP contribution in [0.2, 0.25) is 0 Å². The van der Waals surface area contributed by atoms with Gasteiger partial charge in [0.15, 0.2) is 0 Å². The van der Waals surface area contributed by atoms with Crippen LogP contribution >= 0.6 is 0 Å². The van der Waals surface area contributed by atoms with Gasteiger partial charge in [-0.15, -0.1) is 0 Å². The van der Waals surface area contributed by atoms with Crippen molar-refractivity contribution in [3.05, 3.63) is 53.6 Å². The van der Waals surface area contributed by atoms with E-state index in [1.165, 1.54) is 19.2 Å². The van der Waals surface area contributed by atoms with Crippen LogP contribution in [0.1, 0.15) is 5.56 Å². The summed E-state index contributed by atoms with van der Waals surface area (Å²) in [5.41, 5.74) is 6.50. The monoisotopic (exact) mass is 312 g/mol. The molecule has 0 aromatic heterocycles. The number of aryl methyl sites for hydroxylation is 1. The Morgan fingerprint density at radius 1 is 1.10 bits per heavy atom. The second-order valence-corrected chi connectivity index (χ2v) is 6.53. The maximum absolute atomic E-state index is 13.9. The second-order valence-electron chi connectivity index (χ2n) is 4.59. The first-order chi connectivity index (χ1) is 9.73. The van der Waals surface area contributed by atoms with Gasteiger partial charge in [-0.3, -0.25) is 4.31 Å². The predicted octanol–water partition coefficient (Wildman–Crippen LogP) is 2.68.